The molecule has 0 unspecified atom stereocenters. The first-order valence-corrected chi connectivity index (χ1v) is 10.4. The lowest BCUT2D eigenvalue weighted by Crippen LogP contribution is -2.43. The van der Waals surface area contributed by atoms with Crippen molar-refractivity contribution in [2.24, 2.45) is 0 Å². The highest BCUT2D eigenvalue weighted by Gasteiger charge is 2.22. The van der Waals surface area contributed by atoms with E-state index in [1.165, 1.54) is 0 Å². The van der Waals surface area contributed by atoms with E-state index >= 15 is 0 Å². The molecule has 3 aromatic rings. The number of hydrogen-bond acceptors (Lipinski definition) is 5. The summed E-state index contributed by atoms with van der Waals surface area (Å²) in [6.07, 6.45) is 3.77. The van der Waals surface area contributed by atoms with Crippen LogP contribution in [0.25, 0.3) is 10.9 Å². The Morgan fingerprint density at radius 2 is 2.27 bits per heavy atom. The topological polar surface area (TPSA) is 79.7 Å². The van der Waals surface area contributed by atoms with Gasteiger partial charge in [0.05, 0.1) is 32.6 Å². The molecular weight excluding hydrogens is 402 g/mol. The third kappa shape index (κ3) is 4.83. The summed E-state index contributed by atoms with van der Waals surface area (Å²) in [5.74, 6) is 1.54. The van der Waals surface area contributed by atoms with Gasteiger partial charge in [0.25, 0.3) is 5.56 Å². The van der Waals surface area contributed by atoms with Crippen molar-refractivity contribution < 1.29 is 13.9 Å². The van der Waals surface area contributed by atoms with Crippen molar-refractivity contribution in [3.05, 3.63) is 64.3 Å². The molecule has 7 nitrogen and oxygen atoms in total. The van der Waals surface area contributed by atoms with Gasteiger partial charge in [-0.3, -0.25) is 4.79 Å². The van der Waals surface area contributed by atoms with E-state index in [1.807, 2.05) is 41.3 Å². The van der Waals surface area contributed by atoms with Gasteiger partial charge in [-0.2, -0.15) is 0 Å². The zero-order valence-corrected chi connectivity index (χ0v) is 17.7. The summed E-state index contributed by atoms with van der Waals surface area (Å²) in [5, 5.41) is 4.70. The number of methoxy groups -OCH3 is 1. The average molecular weight is 428 g/mol. The van der Waals surface area contributed by atoms with Gasteiger partial charge in [-0.15, -0.1) is 0 Å². The Morgan fingerprint density at radius 1 is 1.37 bits per heavy atom. The molecule has 158 valence electrons. The molecule has 0 aliphatic carbocycles. The van der Waals surface area contributed by atoms with E-state index in [2.05, 4.69) is 10.3 Å². The molecule has 2 aromatic heterocycles. The van der Waals surface area contributed by atoms with Gasteiger partial charge in [0.2, 0.25) is 0 Å². The van der Waals surface area contributed by atoms with Gasteiger partial charge in [-0.1, -0.05) is 0 Å². The summed E-state index contributed by atoms with van der Waals surface area (Å²) in [6.45, 7) is 2.26. The number of thiocarbonyl (C=S) groups is 1. The fourth-order valence-corrected chi connectivity index (χ4v) is 3.83. The predicted molar refractivity (Wildman–Crippen MR) is 119 cm³/mol. The van der Waals surface area contributed by atoms with Gasteiger partial charge in [0.15, 0.2) is 5.11 Å². The first kappa shape index (κ1) is 20.4. The quantitative estimate of drug-likeness (QED) is 0.561. The minimum Gasteiger partial charge on any atom is -0.497 e. The molecule has 30 heavy (non-hydrogen) atoms. The van der Waals surface area contributed by atoms with Gasteiger partial charge in [-0.25, -0.2) is 0 Å². The Labute approximate surface area is 180 Å². The fourth-order valence-electron chi connectivity index (χ4n) is 3.62. The van der Waals surface area contributed by atoms with Crippen molar-refractivity contribution in [3.8, 4) is 5.75 Å². The number of fused-ring (bicyclic) bond motifs is 1. The average Bonchev–Trinajstić information content (AvgIpc) is 3.46. The number of hydrogen-bond donors (Lipinski definition) is 2. The Bertz CT molecular complexity index is 1060. The second-order valence-electron chi connectivity index (χ2n) is 7.33. The number of benzene rings is 1. The van der Waals surface area contributed by atoms with Gasteiger partial charge in [0.1, 0.15) is 11.5 Å². The van der Waals surface area contributed by atoms with Crippen molar-refractivity contribution in [2.75, 3.05) is 20.3 Å². The number of nitrogens with one attached hydrogen (secondary N) is 2. The summed E-state index contributed by atoms with van der Waals surface area (Å²) in [5.41, 5.74) is 1.28. The van der Waals surface area contributed by atoms with Crippen LogP contribution in [0.5, 0.6) is 5.75 Å². The highest BCUT2D eigenvalue weighted by Crippen LogP contribution is 2.20. The number of furan rings is 1. The largest absolute Gasteiger partial charge is 0.497 e. The number of aromatic nitrogens is 1. The van der Waals surface area contributed by atoms with E-state index in [0.29, 0.717) is 30.3 Å². The fraction of sp³-hybridized carbons (Fsp3) is 0.364. The molecule has 1 aliphatic heterocycles. The van der Waals surface area contributed by atoms with Crippen LogP contribution in [0.15, 0.2) is 51.9 Å². The maximum absolute atomic E-state index is 12.7. The minimum atomic E-state index is -0.126. The van der Waals surface area contributed by atoms with Crippen LogP contribution in [0.2, 0.25) is 0 Å². The third-order valence-electron chi connectivity index (χ3n) is 5.22. The molecule has 2 N–H and O–H groups in total. The SMILES string of the molecule is COc1ccc2[nH]c(=O)c(CN(C[C@@H]3CCCO3)C(=S)NCc3ccco3)cc2c1. The highest BCUT2D eigenvalue weighted by atomic mass is 32.1. The van der Waals surface area contributed by atoms with Crippen LogP contribution < -0.4 is 15.6 Å². The zero-order valence-electron chi connectivity index (χ0n) is 16.8. The van der Waals surface area contributed by atoms with Crippen molar-refractivity contribution in [2.45, 2.75) is 32.0 Å². The van der Waals surface area contributed by atoms with E-state index in [9.17, 15) is 4.79 Å². The van der Waals surface area contributed by atoms with E-state index in [-0.39, 0.29) is 11.7 Å². The molecular formula is C22H25N3O4S. The number of nitrogens with zero attached hydrogens (tertiary/aromatic N) is 1. The van der Waals surface area contributed by atoms with Crippen LogP contribution >= 0.6 is 12.2 Å². The van der Waals surface area contributed by atoms with Crippen LogP contribution in [-0.4, -0.2) is 41.4 Å². The van der Waals surface area contributed by atoms with Gasteiger partial charge >= 0.3 is 0 Å². The number of rotatable bonds is 7. The lowest BCUT2D eigenvalue weighted by molar-refractivity contribution is 0.0896. The molecule has 4 rings (SSSR count). The van der Waals surface area contributed by atoms with Crippen LogP contribution in [0.1, 0.15) is 24.2 Å². The van der Waals surface area contributed by atoms with Crippen molar-refractivity contribution in [1.82, 2.24) is 15.2 Å². The molecule has 0 amide bonds. The first-order valence-electron chi connectivity index (χ1n) is 9.99. The van der Waals surface area contributed by atoms with Crippen molar-refractivity contribution in [1.29, 1.82) is 0 Å². The first-order chi connectivity index (χ1) is 14.6. The monoisotopic (exact) mass is 427 g/mol. The second kappa shape index (κ2) is 9.32. The maximum atomic E-state index is 12.7. The summed E-state index contributed by atoms with van der Waals surface area (Å²) < 4.78 is 16.5. The number of ether oxygens (including phenoxy) is 2. The van der Waals surface area contributed by atoms with Gasteiger partial charge in [0, 0.05) is 29.6 Å². The number of aromatic amines is 1. The van der Waals surface area contributed by atoms with Gasteiger partial charge < -0.3 is 29.1 Å². The maximum Gasteiger partial charge on any atom is 0.253 e. The van der Waals surface area contributed by atoms with Gasteiger partial charge in [-0.05, 0) is 61.5 Å². The van der Waals surface area contributed by atoms with E-state index < -0.39 is 0 Å². The van der Waals surface area contributed by atoms with E-state index in [0.717, 1.165) is 41.9 Å². The predicted octanol–water partition coefficient (Wildman–Crippen LogP) is 3.19. The summed E-state index contributed by atoms with van der Waals surface area (Å²) in [7, 11) is 1.63. The third-order valence-corrected chi connectivity index (χ3v) is 5.62. The lowest BCUT2D eigenvalue weighted by atomic mass is 10.1. The molecule has 1 atom stereocenters. The molecule has 1 aliphatic rings. The molecule has 0 bridgehead atoms. The lowest BCUT2D eigenvalue weighted by Gasteiger charge is -2.28. The molecule has 8 heteroatoms. The minimum absolute atomic E-state index is 0.105. The second-order valence-corrected chi connectivity index (χ2v) is 7.72. The molecule has 3 heterocycles. The zero-order chi connectivity index (χ0) is 20.9. The summed E-state index contributed by atoms with van der Waals surface area (Å²) >= 11 is 5.65. The molecule has 1 saturated heterocycles. The molecule has 0 radical (unpaired) electrons. The van der Waals surface area contributed by atoms with Crippen LogP contribution in [0, 0.1) is 0 Å². The highest BCUT2D eigenvalue weighted by molar-refractivity contribution is 7.80. The molecule has 0 spiro atoms. The molecule has 1 aromatic carbocycles. The Morgan fingerprint density at radius 3 is 3.00 bits per heavy atom. The Hall–Kier alpha value is -2.84. The summed E-state index contributed by atoms with van der Waals surface area (Å²) in [4.78, 5) is 17.6. The number of pyridine rings is 1. The summed E-state index contributed by atoms with van der Waals surface area (Å²) in [6, 6.07) is 11.2. The Balaban J connectivity index is 1.55. The smallest absolute Gasteiger partial charge is 0.253 e. The van der Waals surface area contributed by atoms with Crippen LogP contribution in [0.4, 0.5) is 0 Å². The molecule has 0 saturated carbocycles. The van der Waals surface area contributed by atoms with Crippen LogP contribution in [-0.2, 0) is 17.8 Å². The van der Waals surface area contributed by atoms with Crippen molar-refractivity contribution >= 4 is 28.2 Å². The van der Waals surface area contributed by atoms with Crippen LogP contribution in [0.3, 0.4) is 0 Å². The number of H-pyrrole nitrogens is 1. The van der Waals surface area contributed by atoms with E-state index in [1.54, 1.807) is 13.4 Å². The standard InChI is InChI=1S/C22H25N3O4S/c1-27-17-6-7-20-15(11-17)10-16(21(26)24-20)13-25(14-19-5-3-9-29-19)22(30)23-12-18-4-2-8-28-18/h2,4,6-8,10-11,19H,3,5,9,12-14H2,1H3,(H,23,30)(H,24,26)/t19-/m0/s1. The Kier molecular flexibility index (Phi) is 6.35. The van der Waals surface area contributed by atoms with E-state index in [4.69, 9.17) is 26.1 Å². The molecule has 1 fully saturated rings. The van der Waals surface area contributed by atoms with Crippen molar-refractivity contribution in [3.63, 3.8) is 0 Å². The normalized spacial score (nSPS) is 16.0.